The fourth-order valence-electron chi connectivity index (χ4n) is 4.38. The highest BCUT2D eigenvalue weighted by molar-refractivity contribution is 7.91. The molecule has 2 aliphatic heterocycles. The minimum Gasteiger partial charge on any atom is -0.328 e. The number of rotatable bonds is 4. The number of carbonyl (C=O) groups excluding carboxylic acids is 1. The quantitative estimate of drug-likeness (QED) is 0.391. The van der Waals surface area contributed by atoms with Crippen molar-refractivity contribution in [1.82, 2.24) is 20.2 Å². The van der Waals surface area contributed by atoms with E-state index < -0.39 is 68.0 Å². The summed E-state index contributed by atoms with van der Waals surface area (Å²) in [6.07, 6.45) is -8.55. The smallest absolute Gasteiger partial charge is 0.328 e. The normalized spacial score (nSPS) is 17.3. The van der Waals surface area contributed by atoms with Gasteiger partial charge in [-0.15, -0.1) is 11.3 Å². The van der Waals surface area contributed by atoms with Crippen LogP contribution in [0, 0.1) is 0 Å². The highest BCUT2D eigenvalue weighted by Crippen LogP contribution is 2.42. The number of anilines is 2. The molecule has 214 valence electrons. The van der Waals surface area contributed by atoms with Gasteiger partial charge in [0.05, 0.1) is 31.9 Å². The van der Waals surface area contributed by atoms with Crippen LogP contribution in [0.5, 0.6) is 0 Å². The Bertz CT molecular complexity index is 1610. The Morgan fingerprint density at radius 3 is 2.58 bits per heavy atom. The van der Waals surface area contributed by atoms with Crippen LogP contribution in [0.3, 0.4) is 0 Å². The van der Waals surface area contributed by atoms with Gasteiger partial charge in [0, 0.05) is 19.3 Å². The zero-order valence-electron chi connectivity index (χ0n) is 20.1. The van der Waals surface area contributed by atoms with Crippen molar-refractivity contribution in [2.75, 3.05) is 30.7 Å². The standard InChI is InChI=1S/C23H18ClF6N5O3S2/c24-14-5-11-1-2-31-8-12(11)6-15(14)33-21-32-9-13(23(28,29)30)18(34-21)16-7-17-19(39-16)20(36)35(10-22(25,26)27)3-4-40(17,37)38/h5-7,9,31H,1-4,8,10H2,(H,32,33,34). The summed E-state index contributed by atoms with van der Waals surface area (Å²) in [7, 11) is -4.29. The van der Waals surface area contributed by atoms with Crippen LogP contribution in [-0.4, -0.2) is 60.8 Å². The third-order valence-electron chi connectivity index (χ3n) is 6.26. The Balaban J connectivity index is 1.58. The molecule has 0 fully saturated rings. The summed E-state index contributed by atoms with van der Waals surface area (Å²) >= 11 is 6.68. The Kier molecular flexibility index (Phi) is 7.25. The van der Waals surface area contributed by atoms with Crippen molar-refractivity contribution in [1.29, 1.82) is 0 Å². The highest BCUT2D eigenvalue weighted by atomic mass is 35.5. The lowest BCUT2D eigenvalue weighted by atomic mass is 10.0. The van der Waals surface area contributed by atoms with Gasteiger partial charge >= 0.3 is 12.4 Å². The number of alkyl halides is 6. The summed E-state index contributed by atoms with van der Waals surface area (Å²) in [6, 6.07) is 4.27. The number of hydrogen-bond donors (Lipinski definition) is 2. The van der Waals surface area contributed by atoms with E-state index in [1.807, 2.05) is 0 Å². The minimum atomic E-state index is -4.98. The summed E-state index contributed by atoms with van der Waals surface area (Å²) in [5.41, 5.74) is 0.169. The number of carbonyl (C=O) groups is 1. The van der Waals surface area contributed by atoms with Gasteiger partial charge in [0.1, 0.15) is 17.0 Å². The number of halogens is 7. The SMILES string of the molecule is O=C1c2sc(-c3nc(Nc4cc5c(cc4Cl)CCNC5)ncc3C(F)(F)F)cc2S(=O)(=O)CCN1CC(F)(F)F. The summed E-state index contributed by atoms with van der Waals surface area (Å²) in [6.45, 7) is -1.11. The number of aromatic nitrogens is 2. The molecule has 0 spiro atoms. The first-order chi connectivity index (χ1) is 18.6. The molecule has 0 radical (unpaired) electrons. The molecular formula is C23H18ClF6N5O3S2. The number of nitrogens with zero attached hydrogens (tertiary/aromatic N) is 3. The first kappa shape index (κ1) is 28.6. The van der Waals surface area contributed by atoms with Gasteiger partial charge in [0.25, 0.3) is 5.91 Å². The summed E-state index contributed by atoms with van der Waals surface area (Å²) in [5.74, 6) is -2.38. The first-order valence-corrected chi connectivity index (χ1v) is 14.4. The maximum atomic E-state index is 13.9. The van der Waals surface area contributed by atoms with Gasteiger partial charge in [-0.3, -0.25) is 4.79 Å². The molecule has 3 aromatic rings. The predicted molar refractivity (Wildman–Crippen MR) is 135 cm³/mol. The highest BCUT2D eigenvalue weighted by Gasteiger charge is 2.41. The Labute approximate surface area is 232 Å². The molecule has 0 unspecified atom stereocenters. The number of sulfone groups is 1. The molecule has 0 aliphatic carbocycles. The molecule has 2 aliphatic rings. The van der Waals surface area contributed by atoms with Crippen LogP contribution in [0.15, 0.2) is 29.3 Å². The van der Waals surface area contributed by atoms with E-state index in [9.17, 15) is 39.6 Å². The van der Waals surface area contributed by atoms with Gasteiger partial charge in [-0.25, -0.2) is 18.4 Å². The third kappa shape index (κ3) is 5.75. The number of benzene rings is 1. The Morgan fingerprint density at radius 2 is 1.88 bits per heavy atom. The van der Waals surface area contributed by atoms with Crippen LogP contribution in [0.25, 0.3) is 10.6 Å². The molecule has 0 atom stereocenters. The van der Waals surface area contributed by atoms with Crippen LogP contribution in [0.4, 0.5) is 38.0 Å². The molecular weight excluding hydrogens is 608 g/mol. The maximum absolute atomic E-state index is 13.9. The van der Waals surface area contributed by atoms with Crippen LogP contribution in [0.2, 0.25) is 5.02 Å². The van der Waals surface area contributed by atoms with Gasteiger partial charge in [-0.2, -0.15) is 26.3 Å². The molecule has 4 heterocycles. The molecule has 2 aromatic heterocycles. The monoisotopic (exact) mass is 625 g/mol. The van der Waals surface area contributed by atoms with Gasteiger partial charge in [0.15, 0.2) is 9.84 Å². The van der Waals surface area contributed by atoms with Crippen molar-refractivity contribution in [2.24, 2.45) is 0 Å². The second-order valence-electron chi connectivity index (χ2n) is 9.07. The predicted octanol–water partition coefficient (Wildman–Crippen LogP) is 5.06. The maximum Gasteiger partial charge on any atom is 0.420 e. The van der Waals surface area contributed by atoms with Crippen molar-refractivity contribution in [3.8, 4) is 10.6 Å². The van der Waals surface area contributed by atoms with Crippen molar-refractivity contribution in [2.45, 2.75) is 30.2 Å². The molecule has 2 N–H and O–H groups in total. The van der Waals surface area contributed by atoms with E-state index in [0.29, 0.717) is 34.7 Å². The topological polar surface area (TPSA) is 104 Å². The van der Waals surface area contributed by atoms with E-state index in [1.54, 1.807) is 12.1 Å². The molecule has 5 rings (SSSR count). The zero-order chi connectivity index (χ0) is 29.0. The molecule has 17 heteroatoms. The second-order valence-corrected chi connectivity index (χ2v) is 12.6. The lowest BCUT2D eigenvalue weighted by Crippen LogP contribution is -2.39. The second kappa shape index (κ2) is 10.2. The van der Waals surface area contributed by atoms with E-state index in [1.165, 1.54) is 0 Å². The van der Waals surface area contributed by atoms with Gasteiger partial charge in [-0.05, 0) is 42.3 Å². The number of thiophene rings is 1. The van der Waals surface area contributed by atoms with Crippen LogP contribution >= 0.6 is 22.9 Å². The molecule has 8 nitrogen and oxygen atoms in total. The largest absolute Gasteiger partial charge is 0.420 e. The third-order valence-corrected chi connectivity index (χ3v) is 9.55. The van der Waals surface area contributed by atoms with Gasteiger partial charge in [0.2, 0.25) is 5.95 Å². The fraction of sp³-hybridized carbons (Fsp3) is 0.348. The molecule has 40 heavy (non-hydrogen) atoms. The lowest BCUT2D eigenvalue weighted by Gasteiger charge is -2.21. The van der Waals surface area contributed by atoms with Crippen LogP contribution in [-0.2, 0) is 29.0 Å². The Hall–Kier alpha value is -2.95. The Morgan fingerprint density at radius 1 is 1.12 bits per heavy atom. The summed E-state index contributed by atoms with van der Waals surface area (Å²) < 4.78 is 106. The number of hydrogen-bond acceptors (Lipinski definition) is 8. The van der Waals surface area contributed by atoms with E-state index in [0.717, 1.165) is 30.2 Å². The van der Waals surface area contributed by atoms with E-state index in [-0.39, 0.29) is 15.8 Å². The van der Waals surface area contributed by atoms with Crippen molar-refractivity contribution in [3.63, 3.8) is 0 Å². The number of fused-ring (bicyclic) bond motifs is 2. The van der Waals surface area contributed by atoms with E-state index >= 15 is 0 Å². The molecule has 1 aromatic carbocycles. The van der Waals surface area contributed by atoms with Gasteiger partial charge in [-0.1, -0.05) is 11.6 Å². The fourth-order valence-corrected chi connectivity index (χ4v) is 7.57. The molecule has 1 amide bonds. The average molecular weight is 626 g/mol. The lowest BCUT2D eigenvalue weighted by molar-refractivity contribution is -0.140. The molecule has 0 saturated heterocycles. The summed E-state index contributed by atoms with van der Waals surface area (Å²) in [4.78, 5) is 19.3. The molecule has 0 bridgehead atoms. The van der Waals surface area contributed by atoms with E-state index in [4.69, 9.17) is 11.6 Å². The minimum absolute atomic E-state index is 0.273. The van der Waals surface area contributed by atoms with Crippen LogP contribution in [0.1, 0.15) is 26.4 Å². The van der Waals surface area contributed by atoms with Crippen molar-refractivity contribution in [3.05, 3.63) is 51.0 Å². The molecule has 0 saturated carbocycles. The zero-order valence-corrected chi connectivity index (χ0v) is 22.5. The van der Waals surface area contributed by atoms with Crippen molar-refractivity contribution < 1.29 is 39.6 Å². The van der Waals surface area contributed by atoms with Crippen LogP contribution < -0.4 is 10.6 Å². The first-order valence-electron chi connectivity index (χ1n) is 11.6. The van der Waals surface area contributed by atoms with E-state index in [2.05, 4.69) is 20.6 Å². The van der Waals surface area contributed by atoms with Gasteiger partial charge < -0.3 is 15.5 Å². The van der Waals surface area contributed by atoms with Crippen molar-refractivity contribution >= 4 is 50.3 Å². The number of amides is 1. The average Bonchev–Trinajstić information content (AvgIpc) is 3.29. The summed E-state index contributed by atoms with van der Waals surface area (Å²) in [5, 5.41) is 6.24. The number of nitrogens with one attached hydrogen (secondary N) is 2.